The zero-order valence-corrected chi connectivity index (χ0v) is 13.0. The van der Waals surface area contributed by atoms with Gasteiger partial charge in [0.25, 0.3) is 5.56 Å². The third-order valence-corrected chi connectivity index (χ3v) is 5.65. The van der Waals surface area contributed by atoms with Gasteiger partial charge in [0, 0.05) is 17.6 Å². The molecule has 0 amide bonds. The molecular weight excluding hydrogens is 330 g/mol. The van der Waals surface area contributed by atoms with E-state index in [-0.39, 0.29) is 23.6 Å². The van der Waals surface area contributed by atoms with E-state index in [1.165, 1.54) is 34.6 Å². The second-order valence-corrected chi connectivity index (χ2v) is 7.20. The van der Waals surface area contributed by atoms with Gasteiger partial charge in [-0.1, -0.05) is 11.6 Å². The summed E-state index contributed by atoms with van der Waals surface area (Å²) in [4.78, 5) is 11.4. The Bertz CT molecular complexity index is 812. The Morgan fingerprint density at radius 3 is 2.59 bits per heavy atom. The van der Waals surface area contributed by atoms with Gasteiger partial charge in [-0.2, -0.15) is 4.31 Å². The molecule has 0 spiro atoms. The maximum atomic E-state index is 12.8. The standard InChI is InChI=1S/C13H14ClN3O4S/c14-9-1-3-10(4-2-9)22(19,20)17-5-6-21-8-12(17)11-7-13(18)16-15-11/h1-4,7,12H,5-6,8H2,(H2,15,16,18). The first-order valence-corrected chi connectivity index (χ1v) is 8.43. The SMILES string of the molecule is O=c1cc(C2COCCN2S(=O)(=O)c2ccc(Cl)cc2)[nH][nH]1. The van der Waals surface area contributed by atoms with Gasteiger partial charge < -0.3 is 9.84 Å². The molecule has 1 saturated heterocycles. The first-order valence-electron chi connectivity index (χ1n) is 6.61. The number of nitrogens with zero attached hydrogens (tertiary/aromatic N) is 1. The molecule has 0 aliphatic carbocycles. The van der Waals surface area contributed by atoms with Gasteiger partial charge >= 0.3 is 0 Å². The summed E-state index contributed by atoms with van der Waals surface area (Å²) in [5.41, 5.74) is 0.159. The number of hydrogen-bond acceptors (Lipinski definition) is 4. The highest BCUT2D eigenvalue weighted by molar-refractivity contribution is 7.89. The third-order valence-electron chi connectivity index (χ3n) is 3.48. The maximum absolute atomic E-state index is 12.8. The average Bonchev–Trinajstić information content (AvgIpc) is 2.94. The molecule has 3 rings (SSSR count). The Balaban J connectivity index is 1.99. The Hall–Kier alpha value is -1.61. The average molecular weight is 344 g/mol. The maximum Gasteiger partial charge on any atom is 0.264 e. The van der Waals surface area contributed by atoms with Crippen LogP contribution in [-0.4, -0.2) is 42.7 Å². The number of H-pyrrole nitrogens is 2. The molecule has 1 atom stereocenters. The number of halogens is 1. The summed E-state index contributed by atoms with van der Waals surface area (Å²) < 4.78 is 32.3. The first kappa shape index (κ1) is 15.3. The van der Waals surface area contributed by atoms with Crippen LogP contribution in [0.1, 0.15) is 11.7 Å². The van der Waals surface area contributed by atoms with E-state index in [0.29, 0.717) is 17.3 Å². The molecule has 2 N–H and O–H groups in total. The van der Waals surface area contributed by atoms with Crippen LogP contribution in [0.3, 0.4) is 0 Å². The van der Waals surface area contributed by atoms with Crippen molar-refractivity contribution in [2.45, 2.75) is 10.9 Å². The summed E-state index contributed by atoms with van der Waals surface area (Å²) in [7, 11) is -3.71. The summed E-state index contributed by atoms with van der Waals surface area (Å²) in [5.74, 6) is 0. The minimum absolute atomic E-state index is 0.154. The molecule has 2 aromatic rings. The number of hydrogen-bond donors (Lipinski definition) is 2. The fourth-order valence-electron chi connectivity index (χ4n) is 2.39. The number of benzene rings is 1. The van der Waals surface area contributed by atoms with Gasteiger partial charge in [-0.3, -0.25) is 9.89 Å². The van der Waals surface area contributed by atoms with Crippen molar-refractivity contribution in [3.63, 3.8) is 0 Å². The predicted octanol–water partition coefficient (Wildman–Crippen LogP) is 1.12. The molecule has 0 saturated carbocycles. The van der Waals surface area contributed by atoms with Gasteiger partial charge in [0.15, 0.2) is 0 Å². The van der Waals surface area contributed by atoms with Crippen LogP contribution in [-0.2, 0) is 14.8 Å². The molecule has 0 bridgehead atoms. The molecule has 1 aromatic heterocycles. The lowest BCUT2D eigenvalue weighted by Crippen LogP contribution is -2.43. The van der Waals surface area contributed by atoms with Crippen molar-refractivity contribution in [3.8, 4) is 0 Å². The highest BCUT2D eigenvalue weighted by Gasteiger charge is 2.35. The van der Waals surface area contributed by atoms with Gasteiger partial charge in [0.1, 0.15) is 0 Å². The largest absolute Gasteiger partial charge is 0.378 e. The van der Waals surface area contributed by atoms with Crippen LogP contribution in [0.5, 0.6) is 0 Å². The number of ether oxygens (including phenoxy) is 1. The minimum Gasteiger partial charge on any atom is -0.378 e. The summed E-state index contributed by atoms with van der Waals surface area (Å²) >= 11 is 5.80. The lowest BCUT2D eigenvalue weighted by atomic mass is 10.2. The summed E-state index contributed by atoms with van der Waals surface area (Å²) in [6.07, 6.45) is 0. The van der Waals surface area contributed by atoms with E-state index in [2.05, 4.69) is 10.2 Å². The van der Waals surface area contributed by atoms with Crippen LogP contribution in [0, 0.1) is 0 Å². The minimum atomic E-state index is -3.71. The van der Waals surface area contributed by atoms with E-state index >= 15 is 0 Å². The smallest absolute Gasteiger partial charge is 0.264 e. The molecule has 2 heterocycles. The molecule has 1 unspecified atom stereocenters. The second-order valence-electron chi connectivity index (χ2n) is 4.87. The molecule has 7 nitrogen and oxygen atoms in total. The number of morpholine rings is 1. The predicted molar refractivity (Wildman–Crippen MR) is 80.3 cm³/mol. The van der Waals surface area contributed by atoms with Gasteiger partial charge in [0.05, 0.1) is 29.8 Å². The Morgan fingerprint density at radius 2 is 1.95 bits per heavy atom. The second kappa shape index (κ2) is 5.88. The Kier molecular flexibility index (Phi) is 4.09. The molecule has 1 aromatic carbocycles. The molecule has 22 heavy (non-hydrogen) atoms. The fourth-order valence-corrected chi connectivity index (χ4v) is 4.09. The highest BCUT2D eigenvalue weighted by Crippen LogP contribution is 2.29. The molecule has 9 heteroatoms. The van der Waals surface area contributed by atoms with E-state index in [9.17, 15) is 13.2 Å². The zero-order valence-electron chi connectivity index (χ0n) is 11.5. The van der Waals surface area contributed by atoms with Crippen LogP contribution in [0.25, 0.3) is 0 Å². The van der Waals surface area contributed by atoms with Crippen molar-refractivity contribution in [3.05, 3.63) is 51.4 Å². The van der Waals surface area contributed by atoms with Gasteiger partial charge in [0.2, 0.25) is 10.0 Å². The molecule has 0 radical (unpaired) electrons. The topological polar surface area (TPSA) is 95.3 Å². The van der Waals surface area contributed by atoms with Crippen LogP contribution >= 0.6 is 11.6 Å². The van der Waals surface area contributed by atoms with Crippen molar-refractivity contribution in [1.82, 2.24) is 14.5 Å². The Morgan fingerprint density at radius 1 is 1.23 bits per heavy atom. The first-order chi connectivity index (χ1) is 10.5. The van der Waals surface area contributed by atoms with Crippen molar-refractivity contribution in [1.29, 1.82) is 0 Å². The van der Waals surface area contributed by atoms with Crippen LogP contribution in [0.2, 0.25) is 5.02 Å². The van der Waals surface area contributed by atoms with Gasteiger partial charge in [-0.25, -0.2) is 8.42 Å². The van der Waals surface area contributed by atoms with E-state index in [1.807, 2.05) is 0 Å². The normalized spacial score (nSPS) is 20.1. The summed E-state index contributed by atoms with van der Waals surface area (Å²) in [5, 5.41) is 5.57. The van der Waals surface area contributed by atoms with Crippen molar-refractivity contribution < 1.29 is 13.2 Å². The fraction of sp³-hybridized carbons (Fsp3) is 0.308. The molecule has 1 aliphatic rings. The Labute approximate surface area is 131 Å². The van der Waals surface area contributed by atoms with Crippen LogP contribution in [0.4, 0.5) is 0 Å². The molecular formula is C13H14ClN3O4S. The van der Waals surface area contributed by atoms with Crippen LogP contribution in [0.15, 0.2) is 40.0 Å². The van der Waals surface area contributed by atoms with E-state index < -0.39 is 16.1 Å². The quantitative estimate of drug-likeness (QED) is 0.873. The van der Waals surface area contributed by atoms with E-state index in [1.54, 1.807) is 0 Å². The summed E-state index contributed by atoms with van der Waals surface area (Å²) in [6, 6.07) is 6.75. The van der Waals surface area contributed by atoms with E-state index in [0.717, 1.165) is 0 Å². The zero-order chi connectivity index (χ0) is 15.7. The van der Waals surface area contributed by atoms with Crippen LogP contribution < -0.4 is 5.56 Å². The van der Waals surface area contributed by atoms with Gasteiger partial charge in [-0.15, -0.1) is 0 Å². The van der Waals surface area contributed by atoms with Crippen molar-refractivity contribution in [2.75, 3.05) is 19.8 Å². The highest BCUT2D eigenvalue weighted by atomic mass is 35.5. The molecule has 1 aliphatic heterocycles. The molecule has 1 fully saturated rings. The number of nitrogens with one attached hydrogen (secondary N) is 2. The molecule has 118 valence electrons. The monoisotopic (exact) mass is 343 g/mol. The number of aromatic amines is 2. The van der Waals surface area contributed by atoms with E-state index in [4.69, 9.17) is 16.3 Å². The number of sulfonamides is 1. The number of aromatic nitrogens is 2. The van der Waals surface area contributed by atoms with Crippen molar-refractivity contribution in [2.24, 2.45) is 0 Å². The van der Waals surface area contributed by atoms with Crippen molar-refractivity contribution >= 4 is 21.6 Å². The summed E-state index contributed by atoms with van der Waals surface area (Å²) in [6.45, 7) is 0.696. The lowest BCUT2D eigenvalue weighted by Gasteiger charge is -2.33. The number of rotatable bonds is 3. The third kappa shape index (κ3) is 2.82. The lowest BCUT2D eigenvalue weighted by molar-refractivity contribution is 0.0306. The van der Waals surface area contributed by atoms with Gasteiger partial charge in [-0.05, 0) is 24.3 Å².